The molecule has 0 spiro atoms. The molecule has 0 nitrogen and oxygen atoms in total. The van der Waals surface area contributed by atoms with Crippen molar-refractivity contribution in [3.8, 4) is 0 Å². The molecule has 0 aromatic heterocycles. The molecule has 0 radical (unpaired) electrons. The highest BCUT2D eigenvalue weighted by atomic mass is 13.9. The Balaban J connectivity index is 0.000000326. The van der Waals surface area contributed by atoms with Crippen LogP contribution < -0.4 is 0 Å². The van der Waals surface area contributed by atoms with Crippen LogP contribution in [0.25, 0.3) is 0 Å². The summed E-state index contributed by atoms with van der Waals surface area (Å²) in [6.07, 6.45) is 7.54. The maximum absolute atomic E-state index is 2.20. The zero-order chi connectivity index (χ0) is 16.5. The van der Waals surface area contributed by atoms with Crippen LogP contribution in [0.3, 0.4) is 0 Å². The van der Waals surface area contributed by atoms with Gasteiger partial charge in [0.05, 0.1) is 0 Å². The van der Waals surface area contributed by atoms with Crippen molar-refractivity contribution in [1.29, 1.82) is 0 Å². The molecule has 0 aliphatic heterocycles. The van der Waals surface area contributed by atoms with Gasteiger partial charge in [-0.05, 0) is 24.0 Å². The highest BCUT2D eigenvalue weighted by molar-refractivity contribution is 5.14. The molecule has 2 aromatic rings. The molecule has 2 rings (SSSR count). The van der Waals surface area contributed by atoms with E-state index in [1.165, 1.54) is 49.7 Å². The summed E-state index contributed by atoms with van der Waals surface area (Å²) < 4.78 is 0. The van der Waals surface area contributed by atoms with Crippen molar-refractivity contribution in [2.24, 2.45) is 0 Å². The number of hydrogen-bond donors (Lipinski definition) is 0. The predicted octanol–water partition coefficient (Wildman–Crippen LogP) is 7.08. The van der Waals surface area contributed by atoms with Crippen LogP contribution in [0.5, 0.6) is 0 Å². The lowest BCUT2D eigenvalue weighted by Crippen LogP contribution is -1.78. The molecule has 0 saturated carbocycles. The van der Waals surface area contributed by atoms with E-state index in [0.717, 1.165) is 0 Å². The summed E-state index contributed by atoms with van der Waals surface area (Å²) in [5, 5.41) is 0. The van der Waals surface area contributed by atoms with Gasteiger partial charge in [0.25, 0.3) is 0 Å². The molecular weight excluding hydrogens is 264 g/mol. The van der Waals surface area contributed by atoms with Gasteiger partial charge in [-0.25, -0.2) is 0 Å². The molecule has 0 atom stereocenters. The molecule has 2 aromatic carbocycles. The fraction of sp³-hybridized carbons (Fsp3) is 0.455. The highest BCUT2D eigenvalue weighted by Gasteiger charge is 1.85. The smallest absolute Gasteiger partial charge is 0.0281 e. The lowest BCUT2D eigenvalue weighted by molar-refractivity contribution is 0.886. The van der Waals surface area contributed by atoms with Gasteiger partial charge >= 0.3 is 0 Å². The molecule has 0 heteroatoms. The van der Waals surface area contributed by atoms with Crippen LogP contribution in [0.2, 0.25) is 0 Å². The summed E-state index contributed by atoms with van der Waals surface area (Å²) in [6.45, 7) is 8.76. The number of unbranched alkanes of at least 4 members (excludes halogenated alkanes) is 1. The summed E-state index contributed by atoms with van der Waals surface area (Å²) in [7, 11) is 0. The van der Waals surface area contributed by atoms with Crippen molar-refractivity contribution in [3.05, 3.63) is 71.8 Å². The molecule has 0 fully saturated rings. The fourth-order valence-electron chi connectivity index (χ4n) is 1.87. The van der Waals surface area contributed by atoms with E-state index in [-0.39, 0.29) is 0 Å². The van der Waals surface area contributed by atoms with Gasteiger partial charge in [0.2, 0.25) is 0 Å². The van der Waals surface area contributed by atoms with Crippen LogP contribution in [0.1, 0.15) is 64.5 Å². The van der Waals surface area contributed by atoms with Crippen molar-refractivity contribution >= 4 is 0 Å². The second-order valence-corrected chi connectivity index (χ2v) is 5.47. The minimum absolute atomic E-state index is 1.21. The average molecular weight is 299 g/mol. The summed E-state index contributed by atoms with van der Waals surface area (Å²) in [5.41, 5.74) is 2.89. The average Bonchev–Trinajstić information content (AvgIpc) is 2.58. The van der Waals surface area contributed by atoms with Crippen molar-refractivity contribution in [2.45, 2.75) is 66.2 Å². The molecule has 22 heavy (non-hydrogen) atoms. The molecule has 0 saturated heterocycles. The first-order valence-corrected chi connectivity index (χ1v) is 8.86. The van der Waals surface area contributed by atoms with E-state index in [1.807, 2.05) is 0 Å². The van der Waals surface area contributed by atoms with Crippen LogP contribution >= 0.6 is 0 Å². The van der Waals surface area contributed by atoms with E-state index in [9.17, 15) is 0 Å². The van der Waals surface area contributed by atoms with E-state index < -0.39 is 0 Å². The third kappa shape index (κ3) is 12.2. The Morgan fingerprint density at radius 3 is 1.00 bits per heavy atom. The SMILES string of the molecule is CCCC.CCCc1ccccc1.CCCc1ccccc1. The lowest BCUT2D eigenvalue weighted by atomic mass is 10.1. The third-order valence-corrected chi connectivity index (χ3v) is 3.26. The Kier molecular flexibility index (Phi) is 14.7. The Bertz CT molecular complexity index is 373. The number of hydrogen-bond acceptors (Lipinski definition) is 0. The van der Waals surface area contributed by atoms with E-state index in [4.69, 9.17) is 0 Å². The maximum Gasteiger partial charge on any atom is -0.0281 e. The Morgan fingerprint density at radius 2 is 0.773 bits per heavy atom. The van der Waals surface area contributed by atoms with E-state index >= 15 is 0 Å². The van der Waals surface area contributed by atoms with Crippen LogP contribution in [-0.2, 0) is 12.8 Å². The second-order valence-electron chi connectivity index (χ2n) is 5.47. The summed E-state index contributed by atoms with van der Waals surface area (Å²) in [6, 6.07) is 21.1. The zero-order valence-corrected chi connectivity index (χ0v) is 15.0. The van der Waals surface area contributed by atoms with Crippen molar-refractivity contribution in [2.75, 3.05) is 0 Å². The monoisotopic (exact) mass is 298 g/mol. The van der Waals surface area contributed by atoms with Crippen LogP contribution in [0.15, 0.2) is 60.7 Å². The van der Waals surface area contributed by atoms with Gasteiger partial charge in [-0.15, -0.1) is 0 Å². The molecule has 0 aliphatic rings. The van der Waals surface area contributed by atoms with Crippen molar-refractivity contribution < 1.29 is 0 Å². The zero-order valence-electron chi connectivity index (χ0n) is 15.0. The van der Waals surface area contributed by atoms with Gasteiger partial charge in [0.1, 0.15) is 0 Å². The lowest BCUT2D eigenvalue weighted by Gasteiger charge is -1.93. The van der Waals surface area contributed by atoms with E-state index in [1.54, 1.807) is 0 Å². The molecular formula is C22H34. The first kappa shape index (κ1) is 20.4. The van der Waals surface area contributed by atoms with E-state index in [2.05, 4.69) is 88.4 Å². The normalized spacial score (nSPS) is 9.09. The third-order valence-electron chi connectivity index (χ3n) is 3.26. The van der Waals surface area contributed by atoms with Gasteiger partial charge in [0, 0.05) is 0 Å². The number of rotatable bonds is 5. The van der Waals surface area contributed by atoms with Crippen LogP contribution in [0.4, 0.5) is 0 Å². The molecule has 0 bridgehead atoms. The predicted molar refractivity (Wildman–Crippen MR) is 101 cm³/mol. The number of benzene rings is 2. The summed E-state index contributed by atoms with van der Waals surface area (Å²) in [5.74, 6) is 0. The molecule has 0 amide bonds. The first-order valence-electron chi connectivity index (χ1n) is 8.86. The number of aryl methyl sites for hydroxylation is 2. The minimum atomic E-state index is 1.21. The fourth-order valence-corrected chi connectivity index (χ4v) is 1.87. The molecule has 0 unspecified atom stereocenters. The second kappa shape index (κ2) is 15.8. The molecule has 122 valence electrons. The quantitative estimate of drug-likeness (QED) is 0.553. The van der Waals surface area contributed by atoms with Gasteiger partial charge in [-0.2, -0.15) is 0 Å². The molecule has 0 aliphatic carbocycles. The Labute approximate surface area is 138 Å². The maximum atomic E-state index is 2.20. The van der Waals surface area contributed by atoms with Gasteiger partial charge < -0.3 is 0 Å². The van der Waals surface area contributed by atoms with Crippen molar-refractivity contribution in [1.82, 2.24) is 0 Å². The standard InChI is InChI=1S/2C9H12.C4H10/c2*1-2-6-9-7-4-3-5-8-9;1-3-4-2/h2*3-5,7-8H,2,6H2,1H3;3-4H2,1-2H3. The first-order chi connectivity index (χ1) is 10.8. The Hall–Kier alpha value is -1.56. The summed E-state index contributed by atoms with van der Waals surface area (Å²) in [4.78, 5) is 0. The Morgan fingerprint density at radius 1 is 0.455 bits per heavy atom. The molecule has 0 heterocycles. The largest absolute Gasteiger partial charge is 0.0654 e. The highest BCUT2D eigenvalue weighted by Crippen LogP contribution is 2.01. The minimum Gasteiger partial charge on any atom is -0.0654 e. The van der Waals surface area contributed by atoms with Gasteiger partial charge in [-0.1, -0.05) is 114 Å². The van der Waals surface area contributed by atoms with Crippen molar-refractivity contribution in [3.63, 3.8) is 0 Å². The van der Waals surface area contributed by atoms with Gasteiger partial charge in [-0.3, -0.25) is 0 Å². The molecule has 0 N–H and O–H groups in total. The topological polar surface area (TPSA) is 0 Å². The van der Waals surface area contributed by atoms with Crippen LogP contribution in [-0.4, -0.2) is 0 Å². The van der Waals surface area contributed by atoms with E-state index in [0.29, 0.717) is 0 Å². The van der Waals surface area contributed by atoms with Crippen LogP contribution in [0, 0.1) is 0 Å². The summed E-state index contributed by atoms with van der Waals surface area (Å²) >= 11 is 0. The van der Waals surface area contributed by atoms with Gasteiger partial charge in [0.15, 0.2) is 0 Å².